The minimum Gasteiger partial charge on any atom is -0.347 e. The van der Waals surface area contributed by atoms with Crippen molar-refractivity contribution < 1.29 is 23.0 Å². The average Bonchev–Trinajstić information content (AvgIpc) is 2.93. The van der Waals surface area contributed by atoms with Crippen LogP contribution < -0.4 is 5.32 Å². The number of morpholine rings is 1. The lowest BCUT2D eigenvalue weighted by molar-refractivity contribution is -0.260. The van der Waals surface area contributed by atoms with E-state index in [9.17, 15) is 13.6 Å². The minimum atomic E-state index is -0.943. The number of nitrogens with one attached hydrogen (secondary N) is 1. The molecule has 6 nitrogen and oxygen atoms in total. The van der Waals surface area contributed by atoms with Crippen LogP contribution in [0.15, 0.2) is 48.5 Å². The van der Waals surface area contributed by atoms with Crippen LogP contribution in [-0.4, -0.2) is 61.0 Å². The second kappa shape index (κ2) is 9.07. The average molecular weight is 417 g/mol. The molecule has 0 bridgehead atoms. The van der Waals surface area contributed by atoms with Gasteiger partial charge in [-0.2, -0.15) is 0 Å². The van der Waals surface area contributed by atoms with Gasteiger partial charge in [0.25, 0.3) is 0 Å². The molecule has 1 atom stereocenters. The molecular weight excluding hydrogens is 392 g/mol. The Morgan fingerprint density at radius 1 is 1.00 bits per heavy atom. The molecular formula is C22H25F2N3O3. The smallest absolute Gasteiger partial charge is 0.322 e. The third-order valence-electron chi connectivity index (χ3n) is 5.33. The maximum Gasteiger partial charge on any atom is 0.322 e. The van der Waals surface area contributed by atoms with Crippen LogP contribution in [0, 0.1) is 11.6 Å². The molecule has 2 amide bonds. The van der Waals surface area contributed by atoms with Gasteiger partial charge in [-0.15, -0.1) is 0 Å². The Morgan fingerprint density at radius 2 is 1.77 bits per heavy atom. The summed E-state index contributed by atoms with van der Waals surface area (Å²) in [4.78, 5) is 16.5. The number of benzene rings is 2. The molecule has 0 aromatic heterocycles. The van der Waals surface area contributed by atoms with Gasteiger partial charge in [0.05, 0.1) is 32.0 Å². The summed E-state index contributed by atoms with van der Waals surface area (Å²) in [6.07, 6.45) is 0.827. The van der Waals surface area contributed by atoms with Crippen molar-refractivity contribution in [1.29, 1.82) is 0 Å². The first-order valence-corrected chi connectivity index (χ1v) is 10.1. The molecule has 2 saturated heterocycles. The number of halogens is 2. The topological polar surface area (TPSA) is 54.0 Å². The highest BCUT2D eigenvalue weighted by Crippen LogP contribution is 2.26. The van der Waals surface area contributed by atoms with Crippen LogP contribution in [0.4, 0.5) is 19.3 Å². The van der Waals surface area contributed by atoms with Crippen molar-refractivity contribution in [1.82, 2.24) is 9.80 Å². The van der Waals surface area contributed by atoms with Gasteiger partial charge in [-0.3, -0.25) is 4.90 Å². The van der Waals surface area contributed by atoms with E-state index >= 15 is 0 Å². The fourth-order valence-corrected chi connectivity index (χ4v) is 3.87. The number of nitrogens with zero attached hydrogens (tertiary/aromatic N) is 2. The zero-order valence-corrected chi connectivity index (χ0v) is 16.7. The number of carbonyl (C=O) groups excluding carboxylic acids is 1. The lowest BCUT2D eigenvalue weighted by atomic mass is 10.1. The van der Waals surface area contributed by atoms with E-state index in [0.717, 1.165) is 18.5 Å². The summed E-state index contributed by atoms with van der Waals surface area (Å²) in [6.45, 7) is 3.41. The molecule has 2 aliphatic rings. The normalized spacial score (nSPS) is 22.7. The van der Waals surface area contributed by atoms with Gasteiger partial charge in [-0.1, -0.05) is 24.3 Å². The Morgan fingerprint density at radius 3 is 2.57 bits per heavy atom. The van der Waals surface area contributed by atoms with E-state index in [1.54, 1.807) is 29.2 Å². The maximum absolute atomic E-state index is 13.9. The molecule has 2 aromatic carbocycles. The summed E-state index contributed by atoms with van der Waals surface area (Å²) >= 11 is 0. The number of rotatable bonds is 3. The highest BCUT2D eigenvalue weighted by molar-refractivity contribution is 5.89. The molecule has 30 heavy (non-hydrogen) atoms. The van der Waals surface area contributed by atoms with Crippen molar-refractivity contribution in [2.75, 3.05) is 44.7 Å². The quantitative estimate of drug-likeness (QED) is 0.831. The van der Waals surface area contributed by atoms with Crippen LogP contribution in [-0.2, 0) is 16.0 Å². The molecule has 2 heterocycles. The summed E-state index contributed by atoms with van der Waals surface area (Å²) in [5.41, 5.74) is 1.14. The molecule has 4 rings (SSSR count). The molecule has 0 aliphatic carbocycles. The number of hydrogen-bond acceptors (Lipinski definition) is 4. The molecule has 1 spiro atoms. The van der Waals surface area contributed by atoms with Crippen LogP contribution in [0.25, 0.3) is 0 Å². The van der Waals surface area contributed by atoms with Gasteiger partial charge < -0.3 is 19.7 Å². The first-order chi connectivity index (χ1) is 14.5. The highest BCUT2D eigenvalue weighted by Gasteiger charge is 2.42. The van der Waals surface area contributed by atoms with Gasteiger partial charge >= 0.3 is 6.03 Å². The highest BCUT2D eigenvalue weighted by atomic mass is 19.1. The first-order valence-electron chi connectivity index (χ1n) is 10.1. The van der Waals surface area contributed by atoms with Crippen molar-refractivity contribution in [3.63, 3.8) is 0 Å². The molecule has 8 heteroatoms. The summed E-state index contributed by atoms with van der Waals surface area (Å²) in [5, 5.41) is 2.63. The fourth-order valence-electron chi connectivity index (χ4n) is 3.87. The van der Waals surface area contributed by atoms with Gasteiger partial charge in [0.1, 0.15) is 11.6 Å². The van der Waals surface area contributed by atoms with E-state index in [-0.39, 0.29) is 24.1 Å². The van der Waals surface area contributed by atoms with Gasteiger partial charge in [0, 0.05) is 19.6 Å². The molecule has 1 N–H and O–H groups in total. The Hall–Kier alpha value is -2.55. The van der Waals surface area contributed by atoms with Crippen LogP contribution in [0.3, 0.4) is 0 Å². The lowest BCUT2D eigenvalue weighted by Gasteiger charge is -2.43. The minimum absolute atomic E-state index is 0.141. The molecule has 0 saturated carbocycles. The predicted octanol–water partition coefficient (Wildman–Crippen LogP) is 3.45. The molecule has 160 valence electrons. The third-order valence-corrected chi connectivity index (χ3v) is 5.33. The van der Waals surface area contributed by atoms with E-state index in [1.165, 1.54) is 24.3 Å². The molecule has 2 fully saturated rings. The Balaban J connectivity index is 1.43. The molecule has 2 aromatic rings. The van der Waals surface area contributed by atoms with E-state index in [2.05, 4.69) is 10.2 Å². The lowest BCUT2D eigenvalue weighted by Crippen LogP contribution is -2.59. The Bertz CT molecular complexity index is 880. The zero-order valence-electron chi connectivity index (χ0n) is 16.7. The third kappa shape index (κ3) is 4.95. The number of urea groups is 1. The monoisotopic (exact) mass is 417 g/mol. The number of para-hydroxylation sites is 1. The molecule has 0 radical (unpaired) electrons. The van der Waals surface area contributed by atoms with Gasteiger partial charge in [0.15, 0.2) is 5.79 Å². The van der Waals surface area contributed by atoms with Crippen molar-refractivity contribution in [2.45, 2.75) is 18.8 Å². The summed E-state index contributed by atoms with van der Waals surface area (Å²) in [7, 11) is 0. The summed E-state index contributed by atoms with van der Waals surface area (Å²) in [5.74, 6) is -1.69. The van der Waals surface area contributed by atoms with Gasteiger partial charge in [-0.05, 0) is 36.2 Å². The largest absolute Gasteiger partial charge is 0.347 e. The SMILES string of the molecule is O=C(Nc1ccccc1F)N1CCOC2(CN(Cc3ccc(F)cc3)CCCO2)C1. The van der Waals surface area contributed by atoms with E-state index < -0.39 is 11.6 Å². The van der Waals surface area contributed by atoms with Crippen LogP contribution >= 0.6 is 0 Å². The van der Waals surface area contributed by atoms with Crippen LogP contribution in [0.1, 0.15) is 12.0 Å². The van der Waals surface area contributed by atoms with E-state index in [1.807, 2.05) is 0 Å². The van der Waals surface area contributed by atoms with E-state index in [0.29, 0.717) is 32.8 Å². The standard InChI is InChI=1S/C22H25F2N3O3/c23-18-8-6-17(7-9-18)14-26-10-3-12-29-22(15-26)16-27(11-13-30-22)21(28)25-20-5-2-1-4-19(20)24/h1-2,4-9H,3,10-16H2,(H,25,28). The van der Waals surface area contributed by atoms with Crippen molar-refractivity contribution >= 4 is 11.7 Å². The first kappa shape index (κ1) is 20.7. The number of amides is 2. The molecule has 2 aliphatic heterocycles. The van der Waals surface area contributed by atoms with E-state index in [4.69, 9.17) is 9.47 Å². The second-order valence-corrected chi connectivity index (χ2v) is 7.63. The molecule has 1 unspecified atom stereocenters. The zero-order chi connectivity index (χ0) is 21.0. The van der Waals surface area contributed by atoms with Crippen molar-refractivity contribution in [3.8, 4) is 0 Å². The number of ether oxygens (including phenoxy) is 2. The number of hydrogen-bond donors (Lipinski definition) is 1. The van der Waals surface area contributed by atoms with Crippen LogP contribution in [0.5, 0.6) is 0 Å². The second-order valence-electron chi connectivity index (χ2n) is 7.63. The van der Waals surface area contributed by atoms with Crippen LogP contribution in [0.2, 0.25) is 0 Å². The summed E-state index contributed by atoms with van der Waals surface area (Å²) < 4.78 is 39.1. The maximum atomic E-state index is 13.9. The Kier molecular flexibility index (Phi) is 6.26. The summed E-state index contributed by atoms with van der Waals surface area (Å²) in [6, 6.07) is 12.1. The van der Waals surface area contributed by atoms with Crippen molar-refractivity contribution in [3.05, 3.63) is 65.7 Å². The van der Waals surface area contributed by atoms with Crippen molar-refractivity contribution in [2.24, 2.45) is 0 Å². The Labute approximate surface area is 174 Å². The number of anilines is 1. The fraction of sp³-hybridized carbons (Fsp3) is 0.409. The predicted molar refractivity (Wildman–Crippen MR) is 108 cm³/mol. The van der Waals surface area contributed by atoms with Gasteiger partial charge in [-0.25, -0.2) is 13.6 Å². The van der Waals surface area contributed by atoms with Gasteiger partial charge in [0.2, 0.25) is 0 Å². The number of carbonyl (C=O) groups is 1.